The minimum Gasteiger partial charge on any atom is -0.495 e. The zero-order valence-electron chi connectivity index (χ0n) is 9.98. The first-order chi connectivity index (χ1) is 8.70. The van der Waals surface area contributed by atoms with Crippen LogP contribution in [0.2, 0.25) is 5.15 Å². The van der Waals surface area contributed by atoms with Crippen molar-refractivity contribution < 1.29 is 4.74 Å². The van der Waals surface area contributed by atoms with Gasteiger partial charge in [0.15, 0.2) is 0 Å². The van der Waals surface area contributed by atoms with Crippen molar-refractivity contribution >= 4 is 29.2 Å². The van der Waals surface area contributed by atoms with E-state index in [1.807, 2.05) is 25.1 Å². The van der Waals surface area contributed by atoms with Crippen molar-refractivity contribution in [2.24, 2.45) is 0 Å². The molecule has 0 spiro atoms. The number of aryl methyl sites for hydroxylation is 1. The first-order valence-corrected chi connectivity index (χ1v) is 6.44. The molecule has 0 saturated carbocycles. The van der Waals surface area contributed by atoms with Gasteiger partial charge in [-0.15, -0.1) is 0 Å². The fourth-order valence-electron chi connectivity index (χ4n) is 1.34. The number of anilines is 1. The summed E-state index contributed by atoms with van der Waals surface area (Å²) < 4.78 is 8.36. The Balaban J connectivity index is 2.09. The van der Waals surface area contributed by atoms with Crippen molar-refractivity contribution in [1.29, 1.82) is 0 Å². The van der Waals surface area contributed by atoms with Gasteiger partial charge in [-0.25, -0.2) is 4.98 Å². The third-order valence-corrected chi connectivity index (χ3v) is 3.56. The SMILES string of the molecule is COc1cc(NSc2cccnc2Cl)cnc1C. The lowest BCUT2D eigenvalue weighted by Gasteiger charge is -2.09. The third-order valence-electron chi connectivity index (χ3n) is 2.26. The summed E-state index contributed by atoms with van der Waals surface area (Å²) in [5.41, 5.74) is 1.70. The molecule has 2 rings (SSSR count). The molecule has 0 aromatic carbocycles. The van der Waals surface area contributed by atoms with Gasteiger partial charge in [-0.05, 0) is 31.0 Å². The van der Waals surface area contributed by atoms with Gasteiger partial charge in [-0.2, -0.15) is 0 Å². The fourth-order valence-corrected chi connectivity index (χ4v) is 2.19. The average Bonchev–Trinajstić information content (AvgIpc) is 2.39. The molecule has 1 N–H and O–H groups in total. The van der Waals surface area contributed by atoms with E-state index in [1.54, 1.807) is 19.5 Å². The van der Waals surface area contributed by atoms with Gasteiger partial charge >= 0.3 is 0 Å². The molecular weight excluding hydrogens is 270 g/mol. The maximum atomic E-state index is 5.96. The summed E-state index contributed by atoms with van der Waals surface area (Å²) in [5, 5.41) is 0.474. The van der Waals surface area contributed by atoms with E-state index in [0.29, 0.717) is 5.15 Å². The van der Waals surface area contributed by atoms with Gasteiger partial charge in [0.25, 0.3) is 0 Å². The maximum absolute atomic E-state index is 5.96. The molecule has 6 heteroatoms. The number of aromatic nitrogens is 2. The quantitative estimate of drug-likeness (QED) is 0.686. The van der Waals surface area contributed by atoms with Crippen molar-refractivity contribution in [3.63, 3.8) is 0 Å². The minimum atomic E-state index is 0.474. The molecule has 0 radical (unpaired) electrons. The van der Waals surface area contributed by atoms with E-state index in [1.165, 1.54) is 11.9 Å². The summed E-state index contributed by atoms with van der Waals surface area (Å²) in [6.07, 6.45) is 3.40. The van der Waals surface area contributed by atoms with Crippen LogP contribution in [0.15, 0.2) is 35.5 Å². The highest BCUT2D eigenvalue weighted by Gasteiger charge is 2.04. The number of rotatable bonds is 4. The standard InChI is InChI=1S/C12H12ClN3OS/c1-8-10(17-2)6-9(7-15-8)16-18-11-4-3-5-14-12(11)13/h3-7,16H,1-2H3. The van der Waals surface area contributed by atoms with Crippen LogP contribution in [0.25, 0.3) is 0 Å². The third kappa shape index (κ3) is 3.05. The van der Waals surface area contributed by atoms with Crippen LogP contribution in [0.5, 0.6) is 5.75 Å². The number of halogens is 1. The monoisotopic (exact) mass is 281 g/mol. The Morgan fingerprint density at radius 2 is 2.22 bits per heavy atom. The van der Waals surface area contributed by atoms with Gasteiger partial charge in [0, 0.05) is 12.3 Å². The smallest absolute Gasteiger partial charge is 0.144 e. The van der Waals surface area contributed by atoms with Crippen LogP contribution in [0.1, 0.15) is 5.69 Å². The summed E-state index contributed by atoms with van der Waals surface area (Å²) in [5.74, 6) is 0.748. The summed E-state index contributed by atoms with van der Waals surface area (Å²) in [6.45, 7) is 1.90. The van der Waals surface area contributed by atoms with Gasteiger partial charge in [0.05, 0.1) is 29.6 Å². The summed E-state index contributed by atoms with van der Waals surface area (Å²) >= 11 is 7.35. The molecule has 0 fully saturated rings. The topological polar surface area (TPSA) is 47.0 Å². The maximum Gasteiger partial charge on any atom is 0.144 e. The van der Waals surface area contributed by atoms with Crippen molar-refractivity contribution in [1.82, 2.24) is 9.97 Å². The number of hydrogen-bond acceptors (Lipinski definition) is 5. The summed E-state index contributed by atoms with van der Waals surface area (Å²) in [7, 11) is 1.62. The Bertz CT molecular complexity index is 551. The van der Waals surface area contributed by atoms with Gasteiger partial charge in [0.2, 0.25) is 0 Å². The predicted molar refractivity (Wildman–Crippen MR) is 74.3 cm³/mol. The van der Waals surface area contributed by atoms with E-state index < -0.39 is 0 Å². The predicted octanol–water partition coefficient (Wildman–Crippen LogP) is 3.57. The number of ether oxygens (including phenoxy) is 1. The van der Waals surface area contributed by atoms with Crippen LogP contribution >= 0.6 is 23.5 Å². The molecule has 2 aromatic heterocycles. The second-order valence-electron chi connectivity index (χ2n) is 3.51. The lowest BCUT2D eigenvalue weighted by molar-refractivity contribution is 0.409. The second-order valence-corrected chi connectivity index (χ2v) is 4.71. The van der Waals surface area contributed by atoms with E-state index in [2.05, 4.69) is 14.7 Å². The van der Waals surface area contributed by atoms with Crippen LogP contribution in [0, 0.1) is 6.92 Å². The zero-order valence-corrected chi connectivity index (χ0v) is 11.5. The Morgan fingerprint density at radius 1 is 1.39 bits per heavy atom. The van der Waals surface area contributed by atoms with Crippen LogP contribution < -0.4 is 9.46 Å². The lowest BCUT2D eigenvalue weighted by atomic mass is 10.3. The molecular formula is C12H12ClN3OS. The number of nitrogens with one attached hydrogen (secondary N) is 1. The molecule has 0 unspecified atom stereocenters. The Kier molecular flexibility index (Phi) is 4.28. The van der Waals surface area contributed by atoms with Crippen molar-refractivity contribution in [2.45, 2.75) is 11.8 Å². The lowest BCUT2D eigenvalue weighted by Crippen LogP contribution is -1.94. The van der Waals surface area contributed by atoms with E-state index >= 15 is 0 Å². The molecule has 18 heavy (non-hydrogen) atoms. The highest BCUT2D eigenvalue weighted by Crippen LogP contribution is 2.27. The van der Waals surface area contributed by atoms with Crippen LogP contribution in [0.4, 0.5) is 5.69 Å². The first-order valence-electron chi connectivity index (χ1n) is 5.24. The van der Waals surface area contributed by atoms with Crippen molar-refractivity contribution in [3.8, 4) is 5.75 Å². The van der Waals surface area contributed by atoms with Crippen molar-refractivity contribution in [3.05, 3.63) is 41.4 Å². The second kappa shape index (κ2) is 5.93. The van der Waals surface area contributed by atoms with E-state index in [0.717, 1.165) is 22.0 Å². The van der Waals surface area contributed by atoms with Gasteiger partial charge in [-0.3, -0.25) is 4.98 Å². The molecule has 2 aromatic rings. The molecule has 0 aliphatic heterocycles. The number of hydrogen-bond donors (Lipinski definition) is 1. The molecule has 0 aliphatic rings. The molecule has 0 saturated heterocycles. The molecule has 0 amide bonds. The fraction of sp³-hybridized carbons (Fsp3) is 0.167. The normalized spacial score (nSPS) is 10.2. The van der Waals surface area contributed by atoms with Gasteiger partial charge in [0.1, 0.15) is 10.9 Å². The molecule has 4 nitrogen and oxygen atoms in total. The first kappa shape index (κ1) is 13.0. The minimum absolute atomic E-state index is 0.474. The van der Waals surface area contributed by atoms with E-state index in [-0.39, 0.29) is 0 Å². The molecule has 0 bridgehead atoms. The number of nitrogens with zero attached hydrogens (tertiary/aromatic N) is 2. The highest BCUT2D eigenvalue weighted by atomic mass is 35.5. The van der Waals surface area contributed by atoms with Crippen LogP contribution in [0.3, 0.4) is 0 Å². The van der Waals surface area contributed by atoms with E-state index in [4.69, 9.17) is 16.3 Å². The van der Waals surface area contributed by atoms with Gasteiger partial charge < -0.3 is 9.46 Å². The molecule has 94 valence electrons. The van der Waals surface area contributed by atoms with Crippen molar-refractivity contribution in [2.75, 3.05) is 11.8 Å². The number of methoxy groups -OCH3 is 1. The van der Waals surface area contributed by atoms with Crippen LogP contribution in [-0.2, 0) is 0 Å². The number of pyridine rings is 2. The van der Waals surface area contributed by atoms with E-state index in [9.17, 15) is 0 Å². The molecule has 2 heterocycles. The molecule has 0 atom stereocenters. The van der Waals surface area contributed by atoms with Gasteiger partial charge in [-0.1, -0.05) is 11.6 Å². The Labute approximate surface area is 115 Å². The Hall–Kier alpha value is -1.46. The average molecular weight is 282 g/mol. The summed E-state index contributed by atoms with van der Waals surface area (Å²) in [6, 6.07) is 5.62. The van der Waals surface area contributed by atoms with Crippen LogP contribution in [-0.4, -0.2) is 17.1 Å². The molecule has 0 aliphatic carbocycles. The zero-order chi connectivity index (χ0) is 13.0. The largest absolute Gasteiger partial charge is 0.495 e. The summed E-state index contributed by atoms with van der Waals surface area (Å²) in [4.78, 5) is 9.10. The highest BCUT2D eigenvalue weighted by molar-refractivity contribution is 8.00. The Morgan fingerprint density at radius 3 is 2.94 bits per heavy atom.